The summed E-state index contributed by atoms with van der Waals surface area (Å²) in [6.45, 7) is 2.26. The van der Waals surface area contributed by atoms with Crippen molar-refractivity contribution in [3.05, 3.63) is 70.9 Å². The number of rotatable bonds is 8. The number of nitrogens with zero attached hydrogens (tertiary/aromatic N) is 4. The second kappa shape index (κ2) is 11.3. The van der Waals surface area contributed by atoms with Crippen molar-refractivity contribution >= 4 is 29.4 Å². The Morgan fingerprint density at radius 2 is 1.97 bits per heavy atom. The number of hydrogen-bond acceptors (Lipinski definition) is 7. The molecule has 0 aliphatic carbocycles. The van der Waals surface area contributed by atoms with Gasteiger partial charge >= 0.3 is 5.97 Å². The molecule has 1 fully saturated rings. The zero-order chi connectivity index (χ0) is 25.7. The summed E-state index contributed by atoms with van der Waals surface area (Å²) in [6, 6.07) is 13.1. The Hall–Kier alpha value is -3.76. The number of aromatic nitrogens is 3. The number of aliphatic hydroxyl groups excluding tert-OH is 1. The first-order valence-electron chi connectivity index (χ1n) is 11.5. The van der Waals surface area contributed by atoms with Gasteiger partial charge in [0, 0.05) is 35.7 Å². The van der Waals surface area contributed by atoms with E-state index in [0.717, 1.165) is 5.56 Å². The molecule has 36 heavy (non-hydrogen) atoms. The van der Waals surface area contributed by atoms with Crippen LogP contribution in [-0.2, 0) is 27.4 Å². The van der Waals surface area contributed by atoms with Gasteiger partial charge in [0.15, 0.2) is 0 Å². The monoisotopic (exact) mass is 511 g/mol. The first-order valence-corrected chi connectivity index (χ1v) is 11.9. The smallest absolute Gasteiger partial charge is 0.327 e. The van der Waals surface area contributed by atoms with E-state index in [9.17, 15) is 19.5 Å². The fourth-order valence-electron chi connectivity index (χ4n) is 4.02. The number of ether oxygens (including phenoxy) is 1. The summed E-state index contributed by atoms with van der Waals surface area (Å²) in [4.78, 5) is 39.3. The molecule has 4 rings (SSSR count). The highest BCUT2D eigenvalue weighted by Gasteiger charge is 2.39. The van der Waals surface area contributed by atoms with Crippen molar-refractivity contribution in [1.29, 1.82) is 0 Å². The van der Waals surface area contributed by atoms with Crippen LogP contribution < -0.4 is 5.32 Å². The zero-order valence-electron chi connectivity index (χ0n) is 19.6. The van der Waals surface area contributed by atoms with Crippen molar-refractivity contribution in [3.63, 3.8) is 0 Å². The molecule has 0 saturated carbocycles. The van der Waals surface area contributed by atoms with Crippen LogP contribution in [0.25, 0.3) is 11.3 Å². The molecule has 11 heteroatoms. The predicted octanol–water partition coefficient (Wildman–Crippen LogP) is 2.05. The van der Waals surface area contributed by atoms with E-state index in [4.69, 9.17) is 16.3 Å². The quantitative estimate of drug-likeness (QED) is 0.443. The number of likely N-dealkylation sites (tertiary alicyclic amines) is 1. The number of nitrogens with one attached hydrogen (secondary N) is 1. The van der Waals surface area contributed by atoms with E-state index >= 15 is 0 Å². The van der Waals surface area contributed by atoms with Crippen molar-refractivity contribution in [2.45, 2.75) is 38.6 Å². The summed E-state index contributed by atoms with van der Waals surface area (Å²) in [7, 11) is 0. The third-order valence-corrected chi connectivity index (χ3v) is 6.01. The highest BCUT2D eigenvalue weighted by atomic mass is 35.5. The van der Waals surface area contributed by atoms with Crippen molar-refractivity contribution in [3.8, 4) is 11.3 Å². The molecule has 1 aromatic heterocycles. The van der Waals surface area contributed by atoms with Gasteiger partial charge in [0.05, 0.1) is 18.9 Å². The molecule has 3 aromatic rings. The van der Waals surface area contributed by atoms with Gasteiger partial charge in [-0.15, -0.1) is 5.10 Å². The Morgan fingerprint density at radius 1 is 1.19 bits per heavy atom. The molecule has 188 valence electrons. The number of amides is 2. The van der Waals surface area contributed by atoms with Crippen LogP contribution in [0.1, 0.15) is 29.3 Å². The molecular weight excluding hydrogens is 486 g/mol. The lowest BCUT2D eigenvalue weighted by Gasteiger charge is -2.24. The van der Waals surface area contributed by atoms with E-state index in [1.165, 1.54) is 9.58 Å². The second-order valence-corrected chi connectivity index (χ2v) is 8.83. The molecular formula is C25H26ClN5O5. The Balaban J connectivity index is 1.45. The van der Waals surface area contributed by atoms with Crippen molar-refractivity contribution in [1.82, 2.24) is 25.2 Å². The van der Waals surface area contributed by atoms with Gasteiger partial charge < -0.3 is 20.1 Å². The summed E-state index contributed by atoms with van der Waals surface area (Å²) in [5.74, 6) is -1.14. The zero-order valence-corrected chi connectivity index (χ0v) is 20.4. The fraction of sp³-hybridized carbons (Fsp3) is 0.320. The lowest BCUT2D eigenvalue weighted by molar-refractivity contribution is -0.144. The second-order valence-electron chi connectivity index (χ2n) is 8.39. The maximum absolute atomic E-state index is 13.3. The molecule has 10 nitrogen and oxygen atoms in total. The van der Waals surface area contributed by atoms with Crippen LogP contribution in [0.2, 0.25) is 5.02 Å². The first-order chi connectivity index (χ1) is 17.3. The number of hydrogen-bond donors (Lipinski definition) is 2. The molecule has 0 radical (unpaired) electrons. The fourth-order valence-corrected chi connectivity index (χ4v) is 4.15. The number of carbonyl (C=O) groups excluding carboxylic acids is 3. The van der Waals surface area contributed by atoms with E-state index in [1.54, 1.807) is 49.5 Å². The van der Waals surface area contributed by atoms with Crippen molar-refractivity contribution in [2.24, 2.45) is 0 Å². The Labute approximate surface area is 212 Å². The third kappa shape index (κ3) is 6.07. The van der Waals surface area contributed by atoms with Gasteiger partial charge in [-0.1, -0.05) is 41.1 Å². The molecule has 2 amide bonds. The molecule has 2 atom stereocenters. The number of esters is 1. The minimum absolute atomic E-state index is 0.0534. The SMILES string of the molecule is CCOC(=O)Cn1cc(-c2cccc(C(=O)N3CC(O)CC3C(=O)NCc3ccc(Cl)cc3)c2)nn1. The van der Waals surface area contributed by atoms with Crippen molar-refractivity contribution in [2.75, 3.05) is 13.2 Å². The lowest BCUT2D eigenvalue weighted by atomic mass is 10.1. The van der Waals surface area contributed by atoms with Crippen molar-refractivity contribution < 1.29 is 24.2 Å². The Kier molecular flexibility index (Phi) is 7.97. The first kappa shape index (κ1) is 25.3. The minimum atomic E-state index is -0.800. The van der Waals surface area contributed by atoms with Gasteiger partial charge in [-0.2, -0.15) is 0 Å². The molecule has 2 N–H and O–H groups in total. The average Bonchev–Trinajstić information content (AvgIpc) is 3.50. The van der Waals surface area contributed by atoms with Gasteiger partial charge in [0.2, 0.25) is 5.91 Å². The molecule has 2 unspecified atom stereocenters. The standard InChI is InChI=1S/C25H26ClN5O5/c1-2-36-23(33)15-30-14-21(28-29-30)17-4-3-5-18(10-17)25(35)31-13-20(32)11-22(31)24(34)27-12-16-6-8-19(26)9-7-16/h3-10,14,20,22,32H,2,11-13,15H2,1H3,(H,27,34). The summed E-state index contributed by atoms with van der Waals surface area (Å²) >= 11 is 5.90. The molecule has 1 saturated heterocycles. The largest absolute Gasteiger partial charge is 0.465 e. The van der Waals surface area contributed by atoms with Crippen LogP contribution in [0.3, 0.4) is 0 Å². The molecule has 1 aliphatic rings. The summed E-state index contributed by atoms with van der Waals surface area (Å²) < 4.78 is 6.28. The highest BCUT2D eigenvalue weighted by molar-refractivity contribution is 6.30. The number of benzene rings is 2. The molecule has 0 spiro atoms. The summed E-state index contributed by atoms with van der Waals surface area (Å²) in [6.07, 6.45) is 0.943. The van der Waals surface area contributed by atoms with Gasteiger partial charge in [-0.3, -0.25) is 14.4 Å². The predicted molar refractivity (Wildman–Crippen MR) is 131 cm³/mol. The van der Waals surface area contributed by atoms with E-state index in [0.29, 0.717) is 21.8 Å². The number of halogens is 1. The van der Waals surface area contributed by atoms with Crippen LogP contribution in [0.4, 0.5) is 0 Å². The normalized spacial score (nSPS) is 17.1. The lowest BCUT2D eigenvalue weighted by Crippen LogP contribution is -2.45. The maximum Gasteiger partial charge on any atom is 0.327 e. The number of aliphatic hydroxyl groups is 1. The van der Waals surface area contributed by atoms with Gasteiger partial charge in [0.1, 0.15) is 18.3 Å². The molecule has 2 aromatic carbocycles. The topological polar surface area (TPSA) is 127 Å². The van der Waals surface area contributed by atoms with Crippen LogP contribution in [-0.4, -0.2) is 68.1 Å². The van der Waals surface area contributed by atoms with Gasteiger partial charge in [-0.25, -0.2) is 4.68 Å². The maximum atomic E-state index is 13.3. The van der Waals surface area contributed by atoms with Crippen LogP contribution in [0.5, 0.6) is 0 Å². The molecule has 0 bridgehead atoms. The van der Waals surface area contributed by atoms with Crippen LogP contribution >= 0.6 is 11.6 Å². The van der Waals surface area contributed by atoms with Crippen LogP contribution in [0, 0.1) is 0 Å². The summed E-state index contributed by atoms with van der Waals surface area (Å²) in [5, 5.41) is 21.7. The molecule has 1 aliphatic heterocycles. The van der Waals surface area contributed by atoms with E-state index in [2.05, 4.69) is 15.6 Å². The Bertz CT molecular complexity index is 1250. The van der Waals surface area contributed by atoms with E-state index in [1.807, 2.05) is 12.1 Å². The van der Waals surface area contributed by atoms with Gasteiger partial charge in [0.25, 0.3) is 5.91 Å². The van der Waals surface area contributed by atoms with E-state index in [-0.39, 0.29) is 44.5 Å². The average molecular weight is 512 g/mol. The number of carbonyl (C=O) groups is 3. The highest BCUT2D eigenvalue weighted by Crippen LogP contribution is 2.24. The number of β-amino-alcohol motifs (C(OH)–C–C–N with tert-alkyl or cyclic N) is 1. The van der Waals surface area contributed by atoms with E-state index < -0.39 is 18.1 Å². The summed E-state index contributed by atoms with van der Waals surface area (Å²) in [5.41, 5.74) is 2.32. The third-order valence-electron chi connectivity index (χ3n) is 5.76. The van der Waals surface area contributed by atoms with Crippen LogP contribution in [0.15, 0.2) is 54.7 Å². The minimum Gasteiger partial charge on any atom is -0.465 e. The van der Waals surface area contributed by atoms with Gasteiger partial charge in [-0.05, 0) is 36.8 Å². The Morgan fingerprint density at radius 3 is 2.72 bits per heavy atom. The molecule has 2 heterocycles.